The van der Waals surface area contributed by atoms with Crippen LogP contribution in [0.15, 0.2) is 0 Å². The fraction of sp³-hybridized carbons (Fsp3) is 0.833. The van der Waals surface area contributed by atoms with Crippen LogP contribution in [0, 0.1) is 29.1 Å². The van der Waals surface area contributed by atoms with Gasteiger partial charge < -0.3 is 4.90 Å². The number of carbonyl (C=O) groups is 1. The highest BCUT2D eigenvalue weighted by molar-refractivity contribution is 5.81. The Morgan fingerprint density at radius 2 is 2.13 bits per heavy atom. The third-order valence-corrected chi connectivity index (χ3v) is 2.94. The van der Waals surface area contributed by atoms with Gasteiger partial charge in [0.05, 0.1) is 6.07 Å². The van der Waals surface area contributed by atoms with Crippen molar-refractivity contribution in [2.75, 3.05) is 13.1 Å². The summed E-state index contributed by atoms with van der Waals surface area (Å²) in [6.45, 7) is 7.41. The molecule has 1 unspecified atom stereocenters. The van der Waals surface area contributed by atoms with Crippen LogP contribution in [0.3, 0.4) is 0 Å². The zero-order valence-corrected chi connectivity index (χ0v) is 9.86. The van der Waals surface area contributed by atoms with E-state index in [1.807, 2.05) is 25.7 Å². The minimum absolute atomic E-state index is 0.0156. The van der Waals surface area contributed by atoms with Crippen molar-refractivity contribution in [2.45, 2.75) is 33.6 Å². The summed E-state index contributed by atoms with van der Waals surface area (Å²) >= 11 is 0. The smallest absolute Gasteiger partial charge is 0.240 e. The second-order valence-corrected chi connectivity index (χ2v) is 4.67. The van der Waals surface area contributed by atoms with Crippen LogP contribution >= 0.6 is 0 Å². The van der Waals surface area contributed by atoms with Crippen LogP contribution in [-0.2, 0) is 4.79 Å². The predicted octanol–water partition coefficient (Wildman–Crippen LogP) is 2.04. The topological polar surface area (TPSA) is 44.1 Å². The molecule has 1 amide bonds. The minimum atomic E-state index is -0.469. The van der Waals surface area contributed by atoms with Gasteiger partial charge in [-0.25, -0.2) is 0 Å². The van der Waals surface area contributed by atoms with Crippen LogP contribution in [0.2, 0.25) is 0 Å². The zero-order valence-electron chi connectivity index (χ0n) is 9.86. The highest BCUT2D eigenvalue weighted by Gasteiger charge is 2.30. The standard InChI is InChI=1S/C12H20N2O/c1-4-14(8-10-5-6-10)12(15)11(7-13)9(2)3/h9-11H,4-6,8H2,1-3H3. The van der Waals surface area contributed by atoms with Crippen LogP contribution in [0.1, 0.15) is 33.6 Å². The first-order chi connectivity index (χ1) is 7.10. The van der Waals surface area contributed by atoms with E-state index in [-0.39, 0.29) is 11.8 Å². The number of hydrogen-bond acceptors (Lipinski definition) is 2. The quantitative estimate of drug-likeness (QED) is 0.694. The Morgan fingerprint density at radius 3 is 2.47 bits per heavy atom. The normalized spacial score (nSPS) is 17.3. The lowest BCUT2D eigenvalue weighted by Gasteiger charge is -2.24. The summed E-state index contributed by atoms with van der Waals surface area (Å²) in [4.78, 5) is 13.9. The van der Waals surface area contributed by atoms with Crippen LogP contribution in [0.25, 0.3) is 0 Å². The summed E-state index contributed by atoms with van der Waals surface area (Å²) in [5.74, 6) is 0.349. The summed E-state index contributed by atoms with van der Waals surface area (Å²) in [6.07, 6.45) is 2.48. The summed E-state index contributed by atoms with van der Waals surface area (Å²) < 4.78 is 0. The molecule has 0 spiro atoms. The van der Waals surface area contributed by atoms with Gasteiger partial charge in [-0.1, -0.05) is 13.8 Å². The summed E-state index contributed by atoms with van der Waals surface area (Å²) in [5, 5.41) is 8.96. The van der Waals surface area contributed by atoms with Gasteiger partial charge in [-0.05, 0) is 31.6 Å². The second kappa shape index (κ2) is 5.16. The zero-order chi connectivity index (χ0) is 11.4. The first-order valence-electron chi connectivity index (χ1n) is 5.78. The molecule has 84 valence electrons. The van der Waals surface area contributed by atoms with E-state index in [9.17, 15) is 4.79 Å². The molecule has 1 aliphatic rings. The van der Waals surface area contributed by atoms with Crippen molar-refractivity contribution in [2.24, 2.45) is 17.8 Å². The molecule has 0 aliphatic heterocycles. The maximum Gasteiger partial charge on any atom is 0.240 e. The molecule has 0 bridgehead atoms. The number of nitriles is 1. The van der Waals surface area contributed by atoms with Crippen LogP contribution in [0.4, 0.5) is 0 Å². The van der Waals surface area contributed by atoms with E-state index in [2.05, 4.69) is 6.07 Å². The summed E-state index contributed by atoms with van der Waals surface area (Å²) in [6, 6.07) is 2.12. The molecular weight excluding hydrogens is 188 g/mol. The van der Waals surface area contributed by atoms with Crippen LogP contribution in [-0.4, -0.2) is 23.9 Å². The minimum Gasteiger partial charge on any atom is -0.342 e. The largest absolute Gasteiger partial charge is 0.342 e. The first kappa shape index (κ1) is 12.0. The number of amides is 1. The molecule has 3 heteroatoms. The summed E-state index contributed by atoms with van der Waals surface area (Å²) in [5.41, 5.74) is 0. The van der Waals surface area contributed by atoms with Crippen molar-refractivity contribution in [1.29, 1.82) is 5.26 Å². The van der Waals surface area contributed by atoms with E-state index < -0.39 is 5.92 Å². The lowest BCUT2D eigenvalue weighted by molar-refractivity contribution is -0.134. The molecule has 15 heavy (non-hydrogen) atoms. The van der Waals surface area contributed by atoms with E-state index in [0.717, 1.165) is 13.1 Å². The third kappa shape index (κ3) is 3.23. The summed E-state index contributed by atoms with van der Waals surface area (Å²) in [7, 11) is 0. The molecule has 1 saturated carbocycles. The van der Waals surface area contributed by atoms with Crippen molar-refractivity contribution >= 4 is 5.91 Å². The van der Waals surface area contributed by atoms with Crippen molar-refractivity contribution in [3.8, 4) is 6.07 Å². The van der Waals surface area contributed by atoms with E-state index in [4.69, 9.17) is 5.26 Å². The molecule has 0 heterocycles. The van der Waals surface area contributed by atoms with Gasteiger partial charge in [0, 0.05) is 13.1 Å². The Labute approximate surface area is 92.1 Å². The van der Waals surface area contributed by atoms with E-state index in [1.54, 1.807) is 0 Å². The van der Waals surface area contributed by atoms with Gasteiger partial charge in [0.15, 0.2) is 0 Å². The highest BCUT2D eigenvalue weighted by atomic mass is 16.2. The monoisotopic (exact) mass is 208 g/mol. The number of nitrogens with zero attached hydrogens (tertiary/aromatic N) is 2. The van der Waals surface area contributed by atoms with Crippen LogP contribution < -0.4 is 0 Å². The average Bonchev–Trinajstić information content (AvgIpc) is 2.98. The van der Waals surface area contributed by atoms with E-state index >= 15 is 0 Å². The van der Waals surface area contributed by atoms with Crippen LogP contribution in [0.5, 0.6) is 0 Å². The number of carbonyl (C=O) groups excluding carboxylic acids is 1. The lowest BCUT2D eigenvalue weighted by atomic mass is 9.96. The van der Waals surface area contributed by atoms with Gasteiger partial charge in [-0.2, -0.15) is 5.26 Å². The fourth-order valence-corrected chi connectivity index (χ4v) is 1.67. The first-order valence-corrected chi connectivity index (χ1v) is 5.78. The van der Waals surface area contributed by atoms with Gasteiger partial charge in [0.2, 0.25) is 5.91 Å². The van der Waals surface area contributed by atoms with Crippen molar-refractivity contribution < 1.29 is 4.79 Å². The van der Waals surface area contributed by atoms with Gasteiger partial charge in [-0.15, -0.1) is 0 Å². The van der Waals surface area contributed by atoms with Gasteiger partial charge in [0.1, 0.15) is 5.92 Å². The lowest BCUT2D eigenvalue weighted by Crippen LogP contribution is -2.38. The van der Waals surface area contributed by atoms with Crippen molar-refractivity contribution in [3.05, 3.63) is 0 Å². The molecule has 0 aromatic rings. The molecule has 0 aromatic heterocycles. The molecule has 3 nitrogen and oxygen atoms in total. The predicted molar refractivity (Wildman–Crippen MR) is 58.9 cm³/mol. The Balaban J connectivity index is 2.57. The molecular formula is C12H20N2O. The maximum atomic E-state index is 12.0. The Hall–Kier alpha value is -1.04. The van der Waals surface area contributed by atoms with Gasteiger partial charge >= 0.3 is 0 Å². The molecule has 0 saturated heterocycles. The number of rotatable bonds is 5. The second-order valence-electron chi connectivity index (χ2n) is 4.67. The Bertz CT molecular complexity index is 263. The fourth-order valence-electron chi connectivity index (χ4n) is 1.67. The van der Waals surface area contributed by atoms with E-state index in [1.165, 1.54) is 12.8 Å². The SMILES string of the molecule is CCN(CC1CC1)C(=O)C(C#N)C(C)C. The number of hydrogen-bond donors (Lipinski definition) is 0. The Morgan fingerprint density at radius 1 is 1.53 bits per heavy atom. The maximum absolute atomic E-state index is 12.0. The van der Waals surface area contributed by atoms with Gasteiger partial charge in [-0.3, -0.25) is 4.79 Å². The molecule has 0 aromatic carbocycles. The average molecular weight is 208 g/mol. The van der Waals surface area contributed by atoms with Crippen molar-refractivity contribution in [1.82, 2.24) is 4.90 Å². The molecule has 1 fully saturated rings. The Kier molecular flexibility index (Phi) is 4.14. The molecule has 1 atom stereocenters. The van der Waals surface area contributed by atoms with Crippen molar-refractivity contribution in [3.63, 3.8) is 0 Å². The van der Waals surface area contributed by atoms with Gasteiger partial charge in [0.25, 0.3) is 0 Å². The van der Waals surface area contributed by atoms with E-state index in [0.29, 0.717) is 5.92 Å². The third-order valence-electron chi connectivity index (χ3n) is 2.94. The highest BCUT2D eigenvalue weighted by Crippen LogP contribution is 2.30. The molecule has 0 radical (unpaired) electrons. The molecule has 1 aliphatic carbocycles. The molecule has 0 N–H and O–H groups in total. The molecule has 1 rings (SSSR count).